The first-order valence-corrected chi connectivity index (χ1v) is 8.32. The molecule has 114 valence electrons. The van der Waals surface area contributed by atoms with Gasteiger partial charge in [0.2, 0.25) is 10.0 Å². The van der Waals surface area contributed by atoms with Gasteiger partial charge in [0.15, 0.2) is 0 Å². The normalized spacial score (nSPS) is 17.0. The fourth-order valence-electron chi connectivity index (χ4n) is 2.33. The van der Waals surface area contributed by atoms with Crippen LogP contribution < -0.4 is 4.72 Å². The molecule has 8 heteroatoms. The van der Waals surface area contributed by atoms with Crippen molar-refractivity contribution in [1.82, 2.24) is 19.5 Å². The van der Waals surface area contributed by atoms with Gasteiger partial charge in [-0.3, -0.25) is 5.10 Å². The number of aliphatic hydroxyl groups is 1. The highest BCUT2D eigenvalue weighted by molar-refractivity contribution is 7.89. The fraction of sp³-hybridized carbons (Fsp3) is 0.462. The highest BCUT2D eigenvalue weighted by Crippen LogP contribution is 2.37. The van der Waals surface area contributed by atoms with E-state index in [4.69, 9.17) is 0 Å². The molecule has 2 aromatic heterocycles. The van der Waals surface area contributed by atoms with Gasteiger partial charge in [-0.25, -0.2) is 13.1 Å². The lowest BCUT2D eigenvalue weighted by molar-refractivity contribution is 0.270. The van der Waals surface area contributed by atoms with Crippen LogP contribution in [0.15, 0.2) is 29.6 Å². The summed E-state index contributed by atoms with van der Waals surface area (Å²) in [7, 11) is -3.63. The number of aliphatic hydroxyl groups excluding tert-OH is 1. The Bertz CT molecular complexity index is 717. The highest BCUT2D eigenvalue weighted by atomic mass is 32.2. The van der Waals surface area contributed by atoms with E-state index in [9.17, 15) is 13.5 Å². The molecule has 0 radical (unpaired) electrons. The summed E-state index contributed by atoms with van der Waals surface area (Å²) in [5.41, 5.74) is 1.40. The summed E-state index contributed by atoms with van der Waals surface area (Å²) < 4.78 is 29.3. The van der Waals surface area contributed by atoms with Crippen LogP contribution in [-0.2, 0) is 16.6 Å². The maximum atomic E-state index is 12.4. The molecule has 0 aromatic carbocycles. The van der Waals surface area contributed by atoms with Gasteiger partial charge in [0.05, 0.1) is 12.8 Å². The molecule has 0 spiro atoms. The van der Waals surface area contributed by atoms with Crippen molar-refractivity contribution in [1.29, 1.82) is 0 Å². The molecule has 0 aliphatic heterocycles. The molecule has 2 aromatic rings. The minimum absolute atomic E-state index is 0.163. The molecule has 1 fully saturated rings. The Balaban J connectivity index is 1.84. The Labute approximate surface area is 123 Å². The molecule has 7 nitrogen and oxygen atoms in total. The number of aromatic amines is 1. The molecule has 3 N–H and O–H groups in total. The molecule has 1 aliphatic carbocycles. The largest absolute Gasteiger partial charge is 0.390 e. The van der Waals surface area contributed by atoms with Gasteiger partial charge < -0.3 is 9.67 Å². The standard InChI is InChI=1S/C13H18N4O3S/c1-9(10-5-14-15-6-10)16-21(19,20)13-4-12(8-18)17(7-13)11-2-3-11/h4-7,9,11,16,18H,2-3,8H2,1H3,(H,14,15). The number of rotatable bonds is 6. The molecule has 0 bridgehead atoms. The lowest BCUT2D eigenvalue weighted by atomic mass is 10.2. The van der Waals surface area contributed by atoms with Gasteiger partial charge in [0, 0.05) is 35.7 Å². The first-order valence-electron chi connectivity index (χ1n) is 6.84. The van der Waals surface area contributed by atoms with Crippen LogP contribution in [0.2, 0.25) is 0 Å². The zero-order valence-electron chi connectivity index (χ0n) is 11.7. The average Bonchev–Trinajstić information content (AvgIpc) is 2.98. The monoisotopic (exact) mass is 310 g/mol. The van der Waals surface area contributed by atoms with Crippen molar-refractivity contribution in [3.8, 4) is 0 Å². The van der Waals surface area contributed by atoms with E-state index in [0.29, 0.717) is 11.7 Å². The third kappa shape index (κ3) is 2.87. The van der Waals surface area contributed by atoms with Gasteiger partial charge in [-0.15, -0.1) is 0 Å². The van der Waals surface area contributed by atoms with Crippen LogP contribution in [0.1, 0.15) is 43.1 Å². The van der Waals surface area contributed by atoms with Crippen LogP contribution in [0.5, 0.6) is 0 Å². The van der Waals surface area contributed by atoms with E-state index in [0.717, 1.165) is 18.4 Å². The maximum absolute atomic E-state index is 12.4. The Morgan fingerprint density at radius 1 is 1.57 bits per heavy atom. The van der Waals surface area contributed by atoms with Crippen molar-refractivity contribution >= 4 is 10.0 Å². The van der Waals surface area contributed by atoms with E-state index in [1.807, 2.05) is 4.57 Å². The second-order valence-electron chi connectivity index (χ2n) is 5.34. The summed E-state index contributed by atoms with van der Waals surface area (Å²) in [6.07, 6.45) is 6.90. The number of hydrogen-bond acceptors (Lipinski definition) is 4. The molecule has 1 saturated carbocycles. The third-order valence-corrected chi connectivity index (χ3v) is 5.18. The van der Waals surface area contributed by atoms with E-state index < -0.39 is 10.0 Å². The smallest absolute Gasteiger partial charge is 0.242 e. The zero-order valence-corrected chi connectivity index (χ0v) is 12.5. The molecule has 3 rings (SSSR count). The molecule has 1 aliphatic rings. The van der Waals surface area contributed by atoms with Crippen LogP contribution in [0, 0.1) is 0 Å². The van der Waals surface area contributed by atoms with E-state index in [1.165, 1.54) is 6.07 Å². The first kappa shape index (κ1) is 14.3. The van der Waals surface area contributed by atoms with Crippen LogP contribution >= 0.6 is 0 Å². The molecular formula is C13H18N4O3S. The maximum Gasteiger partial charge on any atom is 0.242 e. The highest BCUT2D eigenvalue weighted by Gasteiger charge is 2.28. The molecule has 21 heavy (non-hydrogen) atoms. The molecule has 0 amide bonds. The summed E-state index contributed by atoms with van der Waals surface area (Å²) in [5.74, 6) is 0. The van der Waals surface area contributed by atoms with Gasteiger partial charge >= 0.3 is 0 Å². The van der Waals surface area contributed by atoms with E-state index in [-0.39, 0.29) is 17.5 Å². The second kappa shape index (κ2) is 5.28. The van der Waals surface area contributed by atoms with Crippen molar-refractivity contribution in [2.75, 3.05) is 0 Å². The summed E-state index contributed by atoms with van der Waals surface area (Å²) in [6.45, 7) is 1.59. The van der Waals surface area contributed by atoms with Crippen molar-refractivity contribution in [3.63, 3.8) is 0 Å². The fourth-order valence-corrected chi connectivity index (χ4v) is 3.61. The van der Waals surface area contributed by atoms with Gasteiger partial charge in [0.1, 0.15) is 4.90 Å². The summed E-state index contributed by atoms with van der Waals surface area (Å²) in [6, 6.07) is 1.47. The predicted molar refractivity (Wildman–Crippen MR) is 76.0 cm³/mol. The van der Waals surface area contributed by atoms with Gasteiger partial charge in [-0.2, -0.15) is 5.10 Å². The Morgan fingerprint density at radius 2 is 2.33 bits per heavy atom. The predicted octanol–water partition coefficient (Wildman–Crippen LogP) is 1.08. The molecular weight excluding hydrogens is 292 g/mol. The van der Waals surface area contributed by atoms with Gasteiger partial charge in [-0.05, 0) is 25.8 Å². The van der Waals surface area contributed by atoms with Crippen molar-refractivity contribution < 1.29 is 13.5 Å². The van der Waals surface area contributed by atoms with Crippen molar-refractivity contribution in [2.45, 2.75) is 43.4 Å². The average molecular weight is 310 g/mol. The summed E-state index contributed by atoms with van der Waals surface area (Å²) in [4.78, 5) is 0.189. The van der Waals surface area contributed by atoms with E-state index >= 15 is 0 Å². The zero-order chi connectivity index (χ0) is 15.0. The van der Waals surface area contributed by atoms with Crippen LogP contribution in [-0.4, -0.2) is 28.3 Å². The molecule has 0 saturated heterocycles. The van der Waals surface area contributed by atoms with Crippen molar-refractivity contribution in [2.24, 2.45) is 0 Å². The van der Waals surface area contributed by atoms with E-state index in [2.05, 4.69) is 14.9 Å². The Morgan fingerprint density at radius 3 is 2.90 bits per heavy atom. The third-order valence-electron chi connectivity index (χ3n) is 3.67. The van der Waals surface area contributed by atoms with E-state index in [1.54, 1.807) is 25.5 Å². The molecule has 1 unspecified atom stereocenters. The summed E-state index contributed by atoms with van der Waals surface area (Å²) in [5, 5.41) is 15.8. The number of H-pyrrole nitrogens is 1. The lowest BCUT2D eigenvalue weighted by Gasteiger charge is -2.11. The number of nitrogens with one attached hydrogen (secondary N) is 2. The van der Waals surface area contributed by atoms with Gasteiger partial charge in [-0.1, -0.05) is 0 Å². The minimum atomic E-state index is -3.63. The Kier molecular flexibility index (Phi) is 3.60. The van der Waals surface area contributed by atoms with Crippen LogP contribution in [0.25, 0.3) is 0 Å². The number of aromatic nitrogens is 3. The molecule has 1 atom stereocenters. The number of sulfonamides is 1. The van der Waals surface area contributed by atoms with Gasteiger partial charge in [0.25, 0.3) is 0 Å². The quantitative estimate of drug-likeness (QED) is 0.743. The van der Waals surface area contributed by atoms with Crippen LogP contribution in [0.4, 0.5) is 0 Å². The number of hydrogen-bond donors (Lipinski definition) is 3. The SMILES string of the molecule is CC(NS(=O)(=O)c1cc(CO)n(C2CC2)c1)c1cn[nH]c1. The Hall–Kier alpha value is -1.64. The van der Waals surface area contributed by atoms with Crippen molar-refractivity contribution in [3.05, 3.63) is 35.9 Å². The molecule has 2 heterocycles. The minimum Gasteiger partial charge on any atom is -0.390 e. The first-order chi connectivity index (χ1) is 10.0. The second-order valence-corrected chi connectivity index (χ2v) is 7.05. The lowest BCUT2D eigenvalue weighted by Crippen LogP contribution is -2.26. The topological polar surface area (TPSA) is 100 Å². The summed E-state index contributed by atoms with van der Waals surface area (Å²) >= 11 is 0. The number of nitrogens with zero attached hydrogens (tertiary/aromatic N) is 2. The van der Waals surface area contributed by atoms with Crippen LogP contribution in [0.3, 0.4) is 0 Å².